The molecule has 1 unspecified atom stereocenters. The van der Waals surface area contributed by atoms with Crippen molar-refractivity contribution in [3.8, 4) is 17.2 Å². The minimum absolute atomic E-state index is 0.302. The number of para-hydroxylation sites is 1. The van der Waals surface area contributed by atoms with Gasteiger partial charge in [-0.25, -0.2) is 9.87 Å². The fraction of sp³-hybridized carbons (Fsp3) is 0.0476. The van der Waals surface area contributed by atoms with E-state index in [1.165, 1.54) is 12.1 Å². The van der Waals surface area contributed by atoms with E-state index >= 15 is 0 Å². The smallest absolute Gasteiger partial charge is 0.216 e. The Hall–Kier alpha value is -3.31. The first-order valence-corrected chi connectivity index (χ1v) is 8.16. The molecule has 3 aromatic rings. The van der Waals surface area contributed by atoms with Crippen LogP contribution in [0.2, 0.25) is 0 Å². The number of benzene rings is 3. The van der Waals surface area contributed by atoms with Gasteiger partial charge in [0.2, 0.25) is 5.88 Å². The van der Waals surface area contributed by atoms with Gasteiger partial charge in [0, 0.05) is 12.1 Å². The highest BCUT2D eigenvalue weighted by atomic mass is 19.1. The first-order chi connectivity index (χ1) is 12.8. The summed E-state index contributed by atoms with van der Waals surface area (Å²) in [6.07, 6.45) is 1.49. The number of nitrogens with one attached hydrogen (secondary N) is 1. The van der Waals surface area contributed by atoms with Gasteiger partial charge in [0.25, 0.3) is 0 Å². The van der Waals surface area contributed by atoms with Crippen LogP contribution in [0.25, 0.3) is 0 Å². The zero-order valence-electron chi connectivity index (χ0n) is 13.8. The van der Waals surface area contributed by atoms with Crippen molar-refractivity contribution in [1.29, 1.82) is 0 Å². The summed E-state index contributed by atoms with van der Waals surface area (Å²) in [5, 5.41) is 0. The zero-order chi connectivity index (χ0) is 17.8. The molecule has 1 aliphatic heterocycles. The minimum Gasteiger partial charge on any atom is -0.457 e. The predicted molar refractivity (Wildman–Crippen MR) is 95.0 cm³/mol. The second-order valence-corrected chi connectivity index (χ2v) is 5.72. The Labute approximate surface area is 150 Å². The summed E-state index contributed by atoms with van der Waals surface area (Å²) in [5.74, 6) is 1.99. The van der Waals surface area contributed by atoms with Crippen molar-refractivity contribution in [3.63, 3.8) is 0 Å². The third kappa shape index (κ3) is 3.84. The molecule has 4 nitrogen and oxygen atoms in total. The molecule has 0 saturated heterocycles. The molecule has 1 heterocycles. The maximum absolute atomic E-state index is 13.2. The molecule has 1 N–H and O–H groups in total. The summed E-state index contributed by atoms with van der Waals surface area (Å²) in [5.41, 5.74) is 3.65. The van der Waals surface area contributed by atoms with E-state index in [1.54, 1.807) is 18.2 Å². The van der Waals surface area contributed by atoms with E-state index in [9.17, 15) is 4.39 Å². The van der Waals surface area contributed by atoms with E-state index in [2.05, 4.69) is 5.48 Å². The maximum atomic E-state index is 13.2. The summed E-state index contributed by atoms with van der Waals surface area (Å²) in [7, 11) is 0. The molecule has 5 heteroatoms. The molecular weight excluding hydrogens is 333 g/mol. The van der Waals surface area contributed by atoms with Crippen LogP contribution in [0.5, 0.6) is 17.2 Å². The lowest BCUT2D eigenvalue weighted by Crippen LogP contribution is -2.12. The lowest BCUT2D eigenvalue weighted by Gasteiger charge is -2.09. The largest absolute Gasteiger partial charge is 0.457 e. The SMILES string of the molecule is Fc1cccc(OC2=CC(c3ccc(Oc4ccccc4)cc3)ON2)c1. The van der Waals surface area contributed by atoms with E-state index in [0.29, 0.717) is 11.6 Å². The van der Waals surface area contributed by atoms with Crippen LogP contribution in [-0.4, -0.2) is 0 Å². The van der Waals surface area contributed by atoms with Crippen molar-refractivity contribution in [2.75, 3.05) is 0 Å². The van der Waals surface area contributed by atoms with Crippen LogP contribution >= 0.6 is 0 Å². The predicted octanol–water partition coefficient (Wildman–Crippen LogP) is 5.11. The Morgan fingerprint density at radius 3 is 2.27 bits per heavy atom. The second kappa shape index (κ2) is 7.29. The second-order valence-electron chi connectivity index (χ2n) is 5.72. The van der Waals surface area contributed by atoms with Crippen LogP contribution in [0.15, 0.2) is 90.8 Å². The molecule has 0 radical (unpaired) electrons. The third-order valence-electron chi connectivity index (χ3n) is 3.80. The van der Waals surface area contributed by atoms with Crippen LogP contribution in [0.4, 0.5) is 4.39 Å². The van der Waals surface area contributed by atoms with E-state index in [1.807, 2.05) is 54.6 Å². The molecule has 0 aliphatic carbocycles. The van der Waals surface area contributed by atoms with Crippen molar-refractivity contribution >= 4 is 0 Å². The molecule has 1 atom stereocenters. The lowest BCUT2D eigenvalue weighted by atomic mass is 10.1. The molecule has 130 valence electrons. The molecule has 1 aliphatic rings. The van der Waals surface area contributed by atoms with Crippen molar-refractivity contribution in [3.05, 3.63) is 102 Å². The van der Waals surface area contributed by atoms with Gasteiger partial charge in [-0.05, 0) is 42.0 Å². The topological polar surface area (TPSA) is 39.7 Å². The van der Waals surface area contributed by atoms with Crippen LogP contribution < -0.4 is 15.0 Å². The molecule has 0 bridgehead atoms. The summed E-state index contributed by atoms with van der Waals surface area (Å²) < 4.78 is 24.6. The van der Waals surface area contributed by atoms with E-state index in [-0.39, 0.29) is 11.9 Å². The standard InChI is InChI=1S/C21H16FNO3/c22-16-5-4-8-19(13-16)25-21-14-20(26-23-21)15-9-11-18(12-10-15)24-17-6-2-1-3-7-17/h1-14,20,23H. The third-order valence-corrected chi connectivity index (χ3v) is 3.80. The molecule has 4 rings (SSSR count). The number of hydrogen-bond acceptors (Lipinski definition) is 4. The molecule has 26 heavy (non-hydrogen) atoms. The van der Waals surface area contributed by atoms with Crippen molar-refractivity contribution < 1.29 is 18.7 Å². The van der Waals surface area contributed by atoms with E-state index in [0.717, 1.165) is 17.1 Å². The van der Waals surface area contributed by atoms with Crippen LogP contribution in [0.3, 0.4) is 0 Å². The first-order valence-electron chi connectivity index (χ1n) is 8.16. The van der Waals surface area contributed by atoms with Crippen molar-refractivity contribution in [2.45, 2.75) is 6.10 Å². The van der Waals surface area contributed by atoms with Gasteiger partial charge >= 0.3 is 0 Å². The maximum Gasteiger partial charge on any atom is 0.216 e. The van der Waals surface area contributed by atoms with Crippen LogP contribution in [0, 0.1) is 5.82 Å². The number of hydroxylamine groups is 1. The quantitative estimate of drug-likeness (QED) is 0.694. The minimum atomic E-state index is -0.354. The monoisotopic (exact) mass is 349 g/mol. The van der Waals surface area contributed by atoms with E-state index < -0.39 is 0 Å². The Morgan fingerprint density at radius 1 is 0.769 bits per heavy atom. The molecule has 3 aromatic carbocycles. The van der Waals surface area contributed by atoms with Crippen molar-refractivity contribution in [2.24, 2.45) is 0 Å². The Balaban J connectivity index is 1.42. The fourth-order valence-corrected chi connectivity index (χ4v) is 2.55. The first kappa shape index (κ1) is 16.2. The Bertz CT molecular complexity index is 910. The van der Waals surface area contributed by atoms with Gasteiger partial charge in [0.05, 0.1) is 0 Å². The van der Waals surface area contributed by atoms with Gasteiger partial charge in [-0.2, -0.15) is 0 Å². The zero-order valence-corrected chi connectivity index (χ0v) is 13.8. The molecule has 0 spiro atoms. The fourth-order valence-electron chi connectivity index (χ4n) is 2.55. The summed E-state index contributed by atoms with van der Waals surface area (Å²) in [6.45, 7) is 0. The summed E-state index contributed by atoms with van der Waals surface area (Å²) in [6, 6.07) is 23.1. The number of ether oxygens (including phenoxy) is 2. The molecule has 0 fully saturated rings. The van der Waals surface area contributed by atoms with Gasteiger partial charge in [0.1, 0.15) is 29.2 Å². The number of hydrogen-bond donors (Lipinski definition) is 1. The van der Waals surface area contributed by atoms with Gasteiger partial charge in [-0.1, -0.05) is 36.4 Å². The molecular formula is C21H16FNO3. The van der Waals surface area contributed by atoms with Gasteiger partial charge in [-0.15, -0.1) is 0 Å². The highest BCUT2D eigenvalue weighted by Crippen LogP contribution is 2.28. The summed E-state index contributed by atoms with van der Waals surface area (Å²) in [4.78, 5) is 5.51. The van der Waals surface area contributed by atoms with Crippen LogP contribution in [0.1, 0.15) is 11.7 Å². The average molecular weight is 349 g/mol. The normalized spacial score (nSPS) is 15.9. The van der Waals surface area contributed by atoms with Crippen molar-refractivity contribution in [1.82, 2.24) is 5.48 Å². The van der Waals surface area contributed by atoms with Crippen LogP contribution in [-0.2, 0) is 4.84 Å². The Kier molecular flexibility index (Phi) is 4.53. The van der Waals surface area contributed by atoms with Gasteiger partial charge in [0.15, 0.2) is 0 Å². The lowest BCUT2D eigenvalue weighted by molar-refractivity contribution is 0.0273. The summed E-state index contributed by atoms with van der Waals surface area (Å²) >= 11 is 0. The molecule has 0 amide bonds. The van der Waals surface area contributed by atoms with E-state index in [4.69, 9.17) is 14.3 Å². The number of rotatable bonds is 5. The van der Waals surface area contributed by atoms with Gasteiger partial charge < -0.3 is 9.47 Å². The highest BCUT2D eigenvalue weighted by molar-refractivity contribution is 5.35. The Morgan fingerprint density at radius 2 is 1.50 bits per heavy atom. The number of halogens is 1. The van der Waals surface area contributed by atoms with Gasteiger partial charge in [-0.3, -0.25) is 4.84 Å². The molecule has 0 saturated carbocycles. The average Bonchev–Trinajstić information content (AvgIpc) is 3.12. The highest BCUT2D eigenvalue weighted by Gasteiger charge is 2.20. The molecule has 0 aromatic heterocycles.